The van der Waals surface area contributed by atoms with Gasteiger partial charge in [-0.05, 0) is 23.8 Å². The summed E-state index contributed by atoms with van der Waals surface area (Å²) in [6.07, 6.45) is 3.38. The Morgan fingerprint density at radius 1 is 1.23 bits per heavy atom. The molecular formula is C18H15ClN4O3. The summed E-state index contributed by atoms with van der Waals surface area (Å²) in [5.41, 5.74) is 0.501. The van der Waals surface area contributed by atoms with E-state index in [0.29, 0.717) is 10.8 Å². The lowest BCUT2D eigenvalue weighted by atomic mass is 10.0. The lowest BCUT2D eigenvalue weighted by Crippen LogP contribution is -2.31. The van der Waals surface area contributed by atoms with Crippen LogP contribution in [-0.2, 0) is 7.05 Å². The highest BCUT2D eigenvalue weighted by Crippen LogP contribution is 2.24. The van der Waals surface area contributed by atoms with Crippen molar-refractivity contribution in [2.24, 2.45) is 7.05 Å². The van der Waals surface area contributed by atoms with Gasteiger partial charge in [0.1, 0.15) is 17.4 Å². The van der Waals surface area contributed by atoms with Crippen LogP contribution in [0.2, 0.25) is 5.02 Å². The number of imidazole rings is 1. The van der Waals surface area contributed by atoms with Crippen LogP contribution in [-0.4, -0.2) is 20.4 Å². The molecule has 8 heteroatoms. The third-order valence-corrected chi connectivity index (χ3v) is 4.19. The van der Waals surface area contributed by atoms with Gasteiger partial charge in [0.15, 0.2) is 0 Å². The number of para-hydroxylation sites is 1. The molecule has 0 aliphatic rings. The first-order valence-corrected chi connectivity index (χ1v) is 8.12. The number of carbonyl (C=O) groups excluding carboxylic acids is 1. The number of nitro groups is 1. The van der Waals surface area contributed by atoms with Crippen LogP contribution in [0.25, 0.3) is 0 Å². The summed E-state index contributed by atoms with van der Waals surface area (Å²) in [6.45, 7) is 0. The number of aromatic nitrogens is 2. The van der Waals surface area contributed by atoms with E-state index in [9.17, 15) is 14.9 Å². The number of nitro benzene ring substituents is 1. The van der Waals surface area contributed by atoms with Gasteiger partial charge in [0.25, 0.3) is 11.6 Å². The fourth-order valence-corrected chi connectivity index (χ4v) is 2.77. The predicted molar refractivity (Wildman–Crippen MR) is 97.1 cm³/mol. The van der Waals surface area contributed by atoms with Gasteiger partial charge in [0.05, 0.1) is 4.92 Å². The number of benzene rings is 2. The number of aryl methyl sites for hydroxylation is 1. The molecule has 3 rings (SSSR count). The first-order valence-electron chi connectivity index (χ1n) is 7.74. The summed E-state index contributed by atoms with van der Waals surface area (Å²) in [5.74, 6) is 0.0412. The zero-order valence-corrected chi connectivity index (χ0v) is 14.6. The average molecular weight is 371 g/mol. The minimum absolute atomic E-state index is 0.00864. The van der Waals surface area contributed by atoms with E-state index in [-0.39, 0.29) is 11.3 Å². The van der Waals surface area contributed by atoms with Gasteiger partial charge < -0.3 is 9.88 Å². The van der Waals surface area contributed by atoms with Gasteiger partial charge in [-0.2, -0.15) is 0 Å². The van der Waals surface area contributed by atoms with Crippen molar-refractivity contribution >= 4 is 23.2 Å². The van der Waals surface area contributed by atoms with Crippen LogP contribution < -0.4 is 5.32 Å². The third-order valence-electron chi connectivity index (χ3n) is 3.94. The van der Waals surface area contributed by atoms with E-state index in [0.717, 1.165) is 5.56 Å². The van der Waals surface area contributed by atoms with E-state index in [1.165, 1.54) is 18.2 Å². The first-order chi connectivity index (χ1) is 12.5. The topological polar surface area (TPSA) is 90.1 Å². The second kappa shape index (κ2) is 7.37. The highest BCUT2D eigenvalue weighted by molar-refractivity contribution is 6.30. The summed E-state index contributed by atoms with van der Waals surface area (Å²) >= 11 is 5.95. The van der Waals surface area contributed by atoms with Crippen LogP contribution in [0, 0.1) is 10.1 Å². The second-order valence-corrected chi connectivity index (χ2v) is 6.07. The van der Waals surface area contributed by atoms with Gasteiger partial charge in [-0.25, -0.2) is 4.98 Å². The van der Waals surface area contributed by atoms with E-state index in [1.807, 2.05) is 7.05 Å². The first kappa shape index (κ1) is 17.6. The molecule has 0 fully saturated rings. The molecule has 1 atom stereocenters. The Balaban J connectivity index is 1.99. The monoisotopic (exact) mass is 370 g/mol. The maximum Gasteiger partial charge on any atom is 0.282 e. The Kier molecular flexibility index (Phi) is 4.99. The summed E-state index contributed by atoms with van der Waals surface area (Å²) < 4.78 is 1.78. The van der Waals surface area contributed by atoms with Crippen molar-refractivity contribution in [3.8, 4) is 0 Å². The predicted octanol–water partition coefficient (Wildman–Crippen LogP) is 3.50. The molecule has 0 aliphatic heterocycles. The lowest BCUT2D eigenvalue weighted by molar-refractivity contribution is -0.385. The largest absolute Gasteiger partial charge is 0.338 e. The summed E-state index contributed by atoms with van der Waals surface area (Å²) in [7, 11) is 1.81. The van der Waals surface area contributed by atoms with Gasteiger partial charge in [0, 0.05) is 30.5 Å². The number of carbonyl (C=O) groups is 1. The molecule has 0 radical (unpaired) electrons. The van der Waals surface area contributed by atoms with E-state index in [2.05, 4.69) is 10.3 Å². The van der Waals surface area contributed by atoms with E-state index >= 15 is 0 Å². The molecule has 1 amide bonds. The summed E-state index contributed by atoms with van der Waals surface area (Å²) in [4.78, 5) is 27.7. The summed E-state index contributed by atoms with van der Waals surface area (Å²) in [5, 5.41) is 14.6. The molecule has 1 unspecified atom stereocenters. The van der Waals surface area contributed by atoms with Crippen LogP contribution in [0.4, 0.5) is 5.69 Å². The molecule has 1 N–H and O–H groups in total. The average Bonchev–Trinajstić information content (AvgIpc) is 3.06. The molecule has 26 heavy (non-hydrogen) atoms. The van der Waals surface area contributed by atoms with Gasteiger partial charge in [-0.3, -0.25) is 14.9 Å². The number of nitrogens with zero attached hydrogens (tertiary/aromatic N) is 3. The minimum Gasteiger partial charge on any atom is -0.338 e. The number of halogens is 1. The van der Waals surface area contributed by atoms with E-state index < -0.39 is 16.9 Å². The number of hydrogen-bond acceptors (Lipinski definition) is 4. The normalized spacial score (nSPS) is 11.8. The molecule has 7 nitrogen and oxygen atoms in total. The van der Waals surface area contributed by atoms with Crippen LogP contribution in [0.1, 0.15) is 27.8 Å². The van der Waals surface area contributed by atoms with Crippen LogP contribution >= 0.6 is 11.6 Å². The quantitative estimate of drug-likeness (QED) is 0.549. The third kappa shape index (κ3) is 3.57. The smallest absolute Gasteiger partial charge is 0.282 e. The molecule has 1 aromatic heterocycles. The molecule has 132 valence electrons. The van der Waals surface area contributed by atoms with Crippen molar-refractivity contribution < 1.29 is 9.72 Å². The highest BCUT2D eigenvalue weighted by Gasteiger charge is 2.25. The molecule has 3 aromatic rings. The molecule has 2 aromatic carbocycles. The SMILES string of the molecule is Cn1ccnc1C(NC(=O)c1ccccc1[N+](=O)[O-])c1ccc(Cl)cc1. The highest BCUT2D eigenvalue weighted by atomic mass is 35.5. The van der Waals surface area contributed by atoms with Crippen molar-refractivity contribution in [2.45, 2.75) is 6.04 Å². The standard InChI is InChI=1S/C18H15ClN4O3/c1-22-11-10-20-17(22)16(12-6-8-13(19)9-7-12)21-18(24)14-4-2-3-5-15(14)23(25)26/h2-11,16H,1H3,(H,21,24). The molecular weight excluding hydrogens is 356 g/mol. The van der Waals surface area contributed by atoms with Crippen LogP contribution in [0.15, 0.2) is 60.9 Å². The Morgan fingerprint density at radius 2 is 1.92 bits per heavy atom. The number of hydrogen-bond donors (Lipinski definition) is 1. The fourth-order valence-electron chi connectivity index (χ4n) is 2.64. The van der Waals surface area contributed by atoms with E-state index in [4.69, 9.17) is 11.6 Å². The zero-order valence-electron chi connectivity index (χ0n) is 13.8. The van der Waals surface area contributed by atoms with Gasteiger partial charge in [-0.15, -0.1) is 0 Å². The van der Waals surface area contributed by atoms with Crippen LogP contribution in [0.3, 0.4) is 0 Å². The molecule has 0 aliphatic carbocycles. The van der Waals surface area contributed by atoms with Gasteiger partial charge >= 0.3 is 0 Å². The molecule has 0 bridgehead atoms. The maximum absolute atomic E-state index is 12.7. The van der Waals surface area contributed by atoms with E-state index in [1.54, 1.807) is 47.3 Å². The van der Waals surface area contributed by atoms with Gasteiger partial charge in [-0.1, -0.05) is 35.9 Å². The second-order valence-electron chi connectivity index (χ2n) is 5.63. The van der Waals surface area contributed by atoms with Crippen molar-refractivity contribution in [1.29, 1.82) is 0 Å². The summed E-state index contributed by atoms with van der Waals surface area (Å²) in [6, 6.07) is 12.2. The van der Waals surface area contributed by atoms with Crippen molar-refractivity contribution in [3.63, 3.8) is 0 Å². The minimum atomic E-state index is -0.584. The Labute approximate surface area is 154 Å². The fraction of sp³-hybridized carbons (Fsp3) is 0.111. The lowest BCUT2D eigenvalue weighted by Gasteiger charge is -2.19. The molecule has 0 spiro atoms. The number of amides is 1. The Hall–Kier alpha value is -3.19. The Bertz CT molecular complexity index is 953. The van der Waals surface area contributed by atoms with Crippen molar-refractivity contribution in [3.05, 3.63) is 93.0 Å². The zero-order chi connectivity index (χ0) is 18.7. The maximum atomic E-state index is 12.7. The van der Waals surface area contributed by atoms with Gasteiger partial charge in [0.2, 0.25) is 0 Å². The number of rotatable bonds is 5. The van der Waals surface area contributed by atoms with Crippen LogP contribution in [0.5, 0.6) is 0 Å². The van der Waals surface area contributed by atoms with Crippen molar-refractivity contribution in [2.75, 3.05) is 0 Å². The van der Waals surface area contributed by atoms with Crippen molar-refractivity contribution in [1.82, 2.24) is 14.9 Å². The molecule has 1 heterocycles. The number of nitrogens with one attached hydrogen (secondary N) is 1. The Morgan fingerprint density at radius 3 is 2.54 bits per heavy atom. The molecule has 0 saturated heterocycles. The molecule has 0 saturated carbocycles.